The third-order valence-corrected chi connectivity index (χ3v) is 4.92. The van der Waals surface area contributed by atoms with Gasteiger partial charge in [0, 0.05) is 18.3 Å². The second-order valence-corrected chi connectivity index (χ2v) is 6.91. The summed E-state index contributed by atoms with van der Waals surface area (Å²) in [5.74, 6) is 0.796. The van der Waals surface area contributed by atoms with Gasteiger partial charge in [-0.05, 0) is 67.7 Å². The average Bonchev–Trinajstić information content (AvgIpc) is 3.46. The smallest absolute Gasteiger partial charge is 0.387 e. The third-order valence-electron chi connectivity index (χ3n) is 4.58. The van der Waals surface area contributed by atoms with Gasteiger partial charge in [-0.15, -0.1) is 0 Å². The van der Waals surface area contributed by atoms with Crippen LogP contribution in [0.1, 0.15) is 25.3 Å². The van der Waals surface area contributed by atoms with Crippen molar-refractivity contribution in [2.45, 2.75) is 39.0 Å². The normalized spacial score (nSPS) is 14.8. The van der Waals surface area contributed by atoms with Crippen LogP contribution in [0.4, 0.5) is 14.5 Å². The van der Waals surface area contributed by atoms with Crippen LogP contribution in [0.15, 0.2) is 54.6 Å². The van der Waals surface area contributed by atoms with Crippen molar-refractivity contribution in [3.05, 3.63) is 60.2 Å². The number of rotatable bonds is 7. The molecule has 2 aromatic rings. The van der Waals surface area contributed by atoms with E-state index in [9.17, 15) is 8.78 Å². The summed E-state index contributed by atoms with van der Waals surface area (Å²) in [6.45, 7) is 0.112. The van der Waals surface area contributed by atoms with Crippen LogP contribution in [0.2, 0.25) is 0 Å². The van der Waals surface area contributed by atoms with Crippen LogP contribution in [0.3, 0.4) is 0 Å². The molecule has 1 aliphatic carbocycles. The molecule has 26 heavy (non-hydrogen) atoms. The molecule has 0 unspecified atom stereocenters. The molecular weight excluding hydrogens is 354 g/mol. The molecule has 0 aromatic heterocycles. The molecule has 6 heteroatoms. The maximum Gasteiger partial charge on any atom is 0.387 e. The molecule has 1 aliphatic rings. The van der Waals surface area contributed by atoms with E-state index in [1.54, 1.807) is 12.1 Å². The maximum absolute atomic E-state index is 12.2. The van der Waals surface area contributed by atoms with Gasteiger partial charge in [0.25, 0.3) is 0 Å². The van der Waals surface area contributed by atoms with Gasteiger partial charge in [0.2, 0.25) is 0 Å². The van der Waals surface area contributed by atoms with Crippen molar-refractivity contribution in [3.8, 4) is 5.75 Å². The minimum atomic E-state index is -2.82. The molecule has 1 atom stereocenters. The number of nitrogens with zero attached hydrogens (tertiary/aromatic N) is 1. The summed E-state index contributed by atoms with van der Waals surface area (Å²) in [6.07, 6.45) is 2.46. The summed E-state index contributed by atoms with van der Waals surface area (Å²) < 4.78 is 28.9. The zero-order valence-electron chi connectivity index (χ0n) is 14.6. The Morgan fingerprint density at radius 2 is 1.81 bits per heavy atom. The summed E-state index contributed by atoms with van der Waals surface area (Å²) >= 11 is 5.65. The fourth-order valence-electron chi connectivity index (χ4n) is 2.93. The topological polar surface area (TPSA) is 24.5 Å². The van der Waals surface area contributed by atoms with Gasteiger partial charge in [0.15, 0.2) is 5.11 Å². The molecule has 0 heterocycles. The molecule has 1 saturated carbocycles. The summed E-state index contributed by atoms with van der Waals surface area (Å²) in [7, 11) is 0. The quantitative estimate of drug-likeness (QED) is 0.664. The van der Waals surface area contributed by atoms with E-state index >= 15 is 0 Å². The Morgan fingerprint density at radius 1 is 1.15 bits per heavy atom. The maximum atomic E-state index is 12.2. The highest BCUT2D eigenvalue weighted by Gasteiger charge is 2.33. The first kappa shape index (κ1) is 18.6. The Balaban J connectivity index is 1.68. The number of thiocarbonyl (C=S) groups is 1. The number of anilines is 1. The lowest BCUT2D eigenvalue weighted by Crippen LogP contribution is -2.41. The molecule has 0 radical (unpaired) electrons. The van der Waals surface area contributed by atoms with Gasteiger partial charge in [-0.2, -0.15) is 8.78 Å². The van der Waals surface area contributed by atoms with Crippen molar-refractivity contribution in [3.63, 3.8) is 0 Å². The van der Waals surface area contributed by atoms with E-state index in [-0.39, 0.29) is 5.75 Å². The number of nitrogens with one attached hydrogen (secondary N) is 1. The zero-order valence-corrected chi connectivity index (χ0v) is 15.4. The lowest BCUT2D eigenvalue weighted by molar-refractivity contribution is -0.0498. The van der Waals surface area contributed by atoms with Crippen LogP contribution in [0.25, 0.3) is 0 Å². The highest BCUT2D eigenvalue weighted by Crippen LogP contribution is 2.36. The SMILES string of the molecule is C[C@@H](C1CC1)N(Cc1ccccc1)C(=S)Nc1ccc(OC(F)F)cc1. The van der Waals surface area contributed by atoms with Gasteiger partial charge in [-0.1, -0.05) is 30.3 Å². The molecular formula is C20H22F2N2OS. The van der Waals surface area contributed by atoms with Crippen molar-refractivity contribution in [1.29, 1.82) is 0 Å². The molecule has 3 rings (SSSR count). The Morgan fingerprint density at radius 3 is 2.38 bits per heavy atom. The Bertz CT molecular complexity index is 720. The van der Waals surface area contributed by atoms with Crippen LogP contribution in [0, 0.1) is 5.92 Å². The molecule has 3 nitrogen and oxygen atoms in total. The molecule has 1 N–H and O–H groups in total. The first-order valence-corrected chi connectivity index (χ1v) is 9.10. The fraction of sp³-hybridized carbons (Fsp3) is 0.350. The van der Waals surface area contributed by atoms with E-state index in [4.69, 9.17) is 12.2 Å². The summed E-state index contributed by atoms with van der Waals surface area (Å²) in [6, 6.07) is 16.9. The van der Waals surface area contributed by atoms with E-state index in [0.29, 0.717) is 17.1 Å². The van der Waals surface area contributed by atoms with Gasteiger partial charge >= 0.3 is 6.61 Å². The van der Waals surface area contributed by atoms with E-state index < -0.39 is 6.61 Å². The summed E-state index contributed by atoms with van der Waals surface area (Å²) in [5, 5.41) is 3.86. The molecule has 0 aliphatic heterocycles. The van der Waals surface area contributed by atoms with Gasteiger partial charge in [-0.3, -0.25) is 0 Å². The largest absolute Gasteiger partial charge is 0.435 e. The van der Waals surface area contributed by atoms with E-state index in [2.05, 4.69) is 34.0 Å². The summed E-state index contributed by atoms with van der Waals surface area (Å²) in [4.78, 5) is 2.20. The number of halogens is 2. The minimum Gasteiger partial charge on any atom is -0.435 e. The second-order valence-electron chi connectivity index (χ2n) is 6.52. The van der Waals surface area contributed by atoms with Crippen LogP contribution in [0.5, 0.6) is 5.75 Å². The molecule has 0 amide bonds. The number of hydrogen-bond donors (Lipinski definition) is 1. The van der Waals surface area contributed by atoms with Crippen molar-refractivity contribution >= 4 is 23.0 Å². The molecule has 2 aromatic carbocycles. The van der Waals surface area contributed by atoms with Crippen LogP contribution < -0.4 is 10.1 Å². The first-order valence-electron chi connectivity index (χ1n) is 8.69. The van der Waals surface area contributed by atoms with E-state index in [1.807, 2.05) is 18.2 Å². The second kappa shape index (κ2) is 8.45. The molecule has 0 saturated heterocycles. The molecule has 1 fully saturated rings. The monoisotopic (exact) mass is 376 g/mol. The number of alkyl halides is 2. The third kappa shape index (κ3) is 5.14. The number of hydrogen-bond acceptors (Lipinski definition) is 2. The van der Waals surface area contributed by atoms with E-state index in [0.717, 1.165) is 12.2 Å². The van der Waals surface area contributed by atoms with Crippen LogP contribution in [-0.4, -0.2) is 22.7 Å². The highest BCUT2D eigenvalue weighted by molar-refractivity contribution is 7.80. The molecule has 138 valence electrons. The lowest BCUT2D eigenvalue weighted by Gasteiger charge is -2.32. The average molecular weight is 376 g/mol. The Hall–Kier alpha value is -2.21. The van der Waals surface area contributed by atoms with Crippen molar-refractivity contribution in [2.75, 3.05) is 5.32 Å². The summed E-state index contributed by atoms with van der Waals surface area (Å²) in [5.41, 5.74) is 1.95. The van der Waals surface area contributed by atoms with Crippen LogP contribution in [-0.2, 0) is 6.54 Å². The van der Waals surface area contributed by atoms with Crippen molar-refractivity contribution in [2.24, 2.45) is 5.92 Å². The first-order chi connectivity index (χ1) is 12.5. The van der Waals surface area contributed by atoms with Gasteiger partial charge < -0.3 is 15.0 Å². The zero-order chi connectivity index (χ0) is 18.5. The fourth-order valence-corrected chi connectivity index (χ4v) is 3.28. The van der Waals surface area contributed by atoms with Gasteiger partial charge in [-0.25, -0.2) is 0 Å². The van der Waals surface area contributed by atoms with Crippen molar-refractivity contribution < 1.29 is 13.5 Å². The van der Waals surface area contributed by atoms with Crippen molar-refractivity contribution in [1.82, 2.24) is 4.90 Å². The molecule has 0 bridgehead atoms. The van der Waals surface area contributed by atoms with Crippen LogP contribution >= 0.6 is 12.2 Å². The minimum absolute atomic E-state index is 0.129. The Kier molecular flexibility index (Phi) is 6.04. The Labute approximate surface area is 158 Å². The number of ether oxygens (including phenoxy) is 1. The van der Waals surface area contributed by atoms with Gasteiger partial charge in [0.05, 0.1) is 0 Å². The lowest BCUT2D eigenvalue weighted by atomic mass is 10.1. The number of benzene rings is 2. The highest BCUT2D eigenvalue weighted by atomic mass is 32.1. The van der Waals surface area contributed by atoms with E-state index in [1.165, 1.54) is 30.5 Å². The standard InChI is InChI=1S/C20H22F2N2OS/c1-14(16-7-8-16)24(13-15-5-3-2-4-6-15)20(26)23-17-9-11-18(12-10-17)25-19(21)22/h2-6,9-12,14,16,19H,7-8,13H2,1H3,(H,23,26)/t14-/m0/s1. The molecule has 0 spiro atoms. The predicted molar refractivity (Wildman–Crippen MR) is 103 cm³/mol. The van der Waals surface area contributed by atoms with Gasteiger partial charge in [0.1, 0.15) is 5.75 Å². The predicted octanol–water partition coefficient (Wildman–Crippen LogP) is 5.29.